The molecule has 1 heterocycles. The molecule has 0 fully saturated rings. The summed E-state index contributed by atoms with van der Waals surface area (Å²) in [7, 11) is 0. The Kier molecular flexibility index (Phi) is 6.49. The van der Waals surface area contributed by atoms with Crippen molar-refractivity contribution in [3.63, 3.8) is 0 Å². The molecule has 0 spiro atoms. The molecule has 9 aromatic carbocycles. The molecule has 0 bridgehead atoms. The van der Waals surface area contributed by atoms with Crippen molar-refractivity contribution in [1.82, 2.24) is 4.98 Å². The zero-order chi connectivity index (χ0) is 33.0. The lowest BCUT2D eigenvalue weighted by Gasteiger charge is -2.26. The predicted molar refractivity (Wildman–Crippen MR) is 210 cm³/mol. The van der Waals surface area contributed by atoms with Gasteiger partial charge in [-0.15, -0.1) is 0 Å². The SMILES string of the molecule is c1ccc(-c2ccc(N(c3ccccc3)c3ccc4c(ccc5ccc6ccc7nc(-c8cccc9ccccc89)oc7c6c54)c3)cc2)cc1. The van der Waals surface area contributed by atoms with Crippen molar-refractivity contribution in [3.8, 4) is 22.6 Å². The maximum absolute atomic E-state index is 6.73. The van der Waals surface area contributed by atoms with E-state index in [-0.39, 0.29) is 0 Å². The highest BCUT2D eigenvalue weighted by atomic mass is 16.3. The molecule has 0 radical (unpaired) electrons. The van der Waals surface area contributed by atoms with Gasteiger partial charge >= 0.3 is 0 Å². The van der Waals surface area contributed by atoms with E-state index in [1.807, 2.05) is 0 Å². The minimum atomic E-state index is 0.639. The first kappa shape index (κ1) is 28.3. The molecule has 0 amide bonds. The van der Waals surface area contributed by atoms with Gasteiger partial charge in [0.25, 0.3) is 0 Å². The summed E-state index contributed by atoms with van der Waals surface area (Å²) in [5.41, 5.74) is 8.38. The van der Waals surface area contributed by atoms with E-state index in [1.54, 1.807) is 0 Å². The standard InChI is InChI=1S/C47H30N2O/c1-3-10-31(11-4-1)32-22-25-38(26-23-32)49(37-14-5-2-6-15-37)39-27-28-41-36(30-39)21-20-34-18-19-35-24-29-43-46(45(35)44(34)41)50-47(48-43)42-17-9-13-33-12-7-8-16-40(33)42/h1-30H. The van der Waals surface area contributed by atoms with Crippen LogP contribution in [-0.4, -0.2) is 4.98 Å². The fraction of sp³-hybridized carbons (Fsp3) is 0. The quantitative estimate of drug-likeness (QED) is 0.176. The first-order valence-electron chi connectivity index (χ1n) is 17.0. The second kappa shape index (κ2) is 11.5. The molecule has 50 heavy (non-hydrogen) atoms. The summed E-state index contributed by atoms with van der Waals surface area (Å²) in [5.74, 6) is 0.639. The minimum absolute atomic E-state index is 0.639. The summed E-state index contributed by atoms with van der Waals surface area (Å²) in [6, 6.07) is 64.5. The first-order valence-corrected chi connectivity index (χ1v) is 17.0. The summed E-state index contributed by atoms with van der Waals surface area (Å²) in [4.78, 5) is 7.35. The molecule has 0 aliphatic carbocycles. The van der Waals surface area contributed by atoms with Crippen LogP contribution in [0.15, 0.2) is 186 Å². The normalized spacial score (nSPS) is 11.6. The van der Waals surface area contributed by atoms with Gasteiger partial charge in [0, 0.05) is 33.4 Å². The first-order chi connectivity index (χ1) is 24.8. The molecule has 0 saturated heterocycles. The van der Waals surface area contributed by atoms with Crippen LogP contribution in [-0.2, 0) is 0 Å². The Morgan fingerprint density at radius 1 is 0.400 bits per heavy atom. The summed E-state index contributed by atoms with van der Waals surface area (Å²) in [6.07, 6.45) is 0. The zero-order valence-corrected chi connectivity index (χ0v) is 27.1. The van der Waals surface area contributed by atoms with Gasteiger partial charge in [0.1, 0.15) is 5.52 Å². The van der Waals surface area contributed by atoms with Crippen molar-refractivity contribution in [2.75, 3.05) is 4.90 Å². The van der Waals surface area contributed by atoms with E-state index in [0.29, 0.717) is 5.89 Å². The second-order valence-electron chi connectivity index (χ2n) is 12.8. The third kappa shape index (κ3) is 4.63. The van der Waals surface area contributed by atoms with Crippen molar-refractivity contribution < 1.29 is 4.42 Å². The Hall–Kier alpha value is -6.71. The maximum Gasteiger partial charge on any atom is 0.227 e. The molecule has 0 N–H and O–H groups in total. The fourth-order valence-corrected chi connectivity index (χ4v) is 7.46. The van der Waals surface area contributed by atoms with E-state index in [2.05, 4.69) is 187 Å². The van der Waals surface area contributed by atoms with Gasteiger partial charge in [-0.1, -0.05) is 133 Å². The number of anilines is 3. The van der Waals surface area contributed by atoms with Crippen LogP contribution in [0.2, 0.25) is 0 Å². The number of benzene rings is 9. The van der Waals surface area contributed by atoms with Crippen molar-refractivity contribution in [3.05, 3.63) is 182 Å². The van der Waals surface area contributed by atoms with Gasteiger partial charge in [-0.3, -0.25) is 0 Å². The van der Waals surface area contributed by atoms with Gasteiger partial charge < -0.3 is 9.32 Å². The van der Waals surface area contributed by atoms with Crippen LogP contribution in [0, 0.1) is 0 Å². The summed E-state index contributed by atoms with van der Waals surface area (Å²) < 4.78 is 6.73. The van der Waals surface area contributed by atoms with E-state index in [9.17, 15) is 0 Å². The van der Waals surface area contributed by atoms with Crippen molar-refractivity contribution in [1.29, 1.82) is 0 Å². The van der Waals surface area contributed by atoms with Crippen LogP contribution < -0.4 is 4.90 Å². The predicted octanol–water partition coefficient (Wildman–Crippen LogP) is 13.2. The van der Waals surface area contributed by atoms with Gasteiger partial charge in [-0.25, -0.2) is 4.98 Å². The summed E-state index contributed by atoms with van der Waals surface area (Å²) in [5, 5.41) is 9.21. The van der Waals surface area contributed by atoms with Gasteiger partial charge in [0.15, 0.2) is 5.58 Å². The average Bonchev–Trinajstić information content (AvgIpc) is 3.63. The van der Waals surface area contributed by atoms with E-state index >= 15 is 0 Å². The Labute approximate surface area is 289 Å². The van der Waals surface area contributed by atoms with Gasteiger partial charge in [0.2, 0.25) is 5.89 Å². The lowest BCUT2D eigenvalue weighted by Crippen LogP contribution is -2.09. The Bertz CT molecular complexity index is 2850. The highest BCUT2D eigenvalue weighted by Gasteiger charge is 2.18. The van der Waals surface area contributed by atoms with Crippen LogP contribution in [0.4, 0.5) is 17.1 Å². The summed E-state index contributed by atoms with van der Waals surface area (Å²) >= 11 is 0. The minimum Gasteiger partial charge on any atom is -0.435 e. The number of aromatic nitrogens is 1. The Balaban J connectivity index is 1.15. The van der Waals surface area contributed by atoms with Crippen LogP contribution in [0.3, 0.4) is 0 Å². The van der Waals surface area contributed by atoms with Crippen LogP contribution in [0.5, 0.6) is 0 Å². The smallest absolute Gasteiger partial charge is 0.227 e. The van der Waals surface area contributed by atoms with Crippen LogP contribution >= 0.6 is 0 Å². The molecule has 234 valence electrons. The topological polar surface area (TPSA) is 29.3 Å². The zero-order valence-electron chi connectivity index (χ0n) is 27.1. The highest BCUT2D eigenvalue weighted by molar-refractivity contribution is 6.26. The van der Waals surface area contributed by atoms with Crippen LogP contribution in [0.1, 0.15) is 0 Å². The molecule has 0 saturated carbocycles. The van der Waals surface area contributed by atoms with Crippen molar-refractivity contribution in [2.45, 2.75) is 0 Å². The Morgan fingerprint density at radius 3 is 1.84 bits per heavy atom. The molecular weight excluding hydrogens is 609 g/mol. The van der Waals surface area contributed by atoms with E-state index in [0.717, 1.165) is 55.3 Å². The number of nitrogens with zero attached hydrogens (tertiary/aromatic N) is 2. The monoisotopic (exact) mass is 638 g/mol. The molecule has 3 nitrogen and oxygen atoms in total. The highest BCUT2D eigenvalue weighted by Crippen LogP contribution is 2.42. The number of fused-ring (bicyclic) bond motifs is 8. The number of para-hydroxylation sites is 1. The molecule has 0 aliphatic heterocycles. The molecule has 0 unspecified atom stereocenters. The van der Waals surface area contributed by atoms with Crippen molar-refractivity contribution >= 4 is 71.3 Å². The second-order valence-corrected chi connectivity index (χ2v) is 12.8. The van der Waals surface area contributed by atoms with E-state index < -0.39 is 0 Å². The third-order valence-corrected chi connectivity index (χ3v) is 9.84. The van der Waals surface area contributed by atoms with Gasteiger partial charge in [0.05, 0.1) is 0 Å². The number of hydrogen-bond acceptors (Lipinski definition) is 3. The molecule has 3 heteroatoms. The molecule has 1 aromatic heterocycles. The lowest BCUT2D eigenvalue weighted by molar-refractivity contribution is 0.624. The average molecular weight is 639 g/mol. The van der Waals surface area contributed by atoms with Crippen molar-refractivity contribution in [2.24, 2.45) is 0 Å². The maximum atomic E-state index is 6.73. The summed E-state index contributed by atoms with van der Waals surface area (Å²) in [6.45, 7) is 0. The fourth-order valence-electron chi connectivity index (χ4n) is 7.46. The van der Waals surface area contributed by atoms with Gasteiger partial charge in [-0.05, 0) is 92.0 Å². The third-order valence-electron chi connectivity index (χ3n) is 9.84. The Morgan fingerprint density at radius 2 is 1.02 bits per heavy atom. The molecular formula is C47H30N2O. The number of rotatable bonds is 5. The molecule has 10 aromatic rings. The van der Waals surface area contributed by atoms with Gasteiger partial charge in [-0.2, -0.15) is 0 Å². The van der Waals surface area contributed by atoms with E-state index in [1.165, 1.54) is 32.7 Å². The van der Waals surface area contributed by atoms with E-state index in [4.69, 9.17) is 9.40 Å². The molecule has 10 rings (SSSR count). The molecule has 0 atom stereocenters. The number of oxazole rings is 1. The molecule has 0 aliphatic rings. The van der Waals surface area contributed by atoms with Crippen LogP contribution in [0.25, 0.3) is 76.8 Å². The number of hydrogen-bond donors (Lipinski definition) is 0. The largest absolute Gasteiger partial charge is 0.435 e. The lowest BCUT2D eigenvalue weighted by atomic mass is 9.95.